The molecule has 0 saturated heterocycles. The molecule has 0 bridgehead atoms. The van der Waals surface area contributed by atoms with E-state index in [2.05, 4.69) is 15.5 Å². The van der Waals surface area contributed by atoms with Crippen LogP contribution >= 0.6 is 0 Å². The molecule has 27 heavy (non-hydrogen) atoms. The highest BCUT2D eigenvalue weighted by atomic mass is 32.2. The first-order valence-corrected chi connectivity index (χ1v) is 10.1. The minimum absolute atomic E-state index is 0.0437. The van der Waals surface area contributed by atoms with Crippen molar-refractivity contribution in [2.75, 3.05) is 14.1 Å². The van der Waals surface area contributed by atoms with Crippen molar-refractivity contribution in [3.05, 3.63) is 59.5 Å². The van der Waals surface area contributed by atoms with Crippen molar-refractivity contribution in [1.82, 2.24) is 19.8 Å². The molecule has 0 aliphatic carbocycles. The van der Waals surface area contributed by atoms with E-state index in [1.54, 1.807) is 18.3 Å². The van der Waals surface area contributed by atoms with Crippen LogP contribution in [-0.4, -0.2) is 37.0 Å². The molecule has 8 heteroatoms. The van der Waals surface area contributed by atoms with Crippen LogP contribution < -0.4 is 5.32 Å². The molecule has 1 aromatic carbocycles. The van der Waals surface area contributed by atoms with E-state index >= 15 is 0 Å². The number of aryl methyl sites for hydroxylation is 1. The normalized spacial score (nSPS) is 13.2. The lowest BCUT2D eigenvalue weighted by Crippen LogP contribution is -2.22. The first kappa shape index (κ1) is 19.3. The molecule has 1 unspecified atom stereocenters. The number of nitrogens with one attached hydrogen (secondary N) is 2. The van der Waals surface area contributed by atoms with Gasteiger partial charge in [-0.1, -0.05) is 12.1 Å². The van der Waals surface area contributed by atoms with Crippen molar-refractivity contribution in [2.45, 2.75) is 31.3 Å². The van der Waals surface area contributed by atoms with Gasteiger partial charge < -0.3 is 9.73 Å². The lowest BCUT2D eigenvalue weighted by molar-refractivity contribution is 0.520. The molecular formula is C19H24N4O3S. The zero-order valence-electron chi connectivity index (χ0n) is 15.9. The third-order valence-corrected chi connectivity index (χ3v) is 6.29. The van der Waals surface area contributed by atoms with Gasteiger partial charge in [-0.25, -0.2) is 12.7 Å². The molecule has 2 aromatic heterocycles. The fraction of sp³-hybridized carbons (Fsp3) is 0.316. The van der Waals surface area contributed by atoms with E-state index in [0.29, 0.717) is 6.54 Å². The minimum Gasteiger partial charge on any atom is -0.460 e. The Bertz CT molecular complexity index is 1000. The van der Waals surface area contributed by atoms with Crippen molar-refractivity contribution in [2.24, 2.45) is 0 Å². The van der Waals surface area contributed by atoms with Gasteiger partial charge in [-0.15, -0.1) is 0 Å². The predicted molar refractivity (Wildman–Crippen MR) is 104 cm³/mol. The third-order valence-electron chi connectivity index (χ3n) is 4.46. The minimum atomic E-state index is -3.41. The van der Waals surface area contributed by atoms with E-state index in [0.717, 1.165) is 28.3 Å². The third kappa shape index (κ3) is 4.13. The van der Waals surface area contributed by atoms with Crippen LogP contribution in [0.1, 0.15) is 29.9 Å². The summed E-state index contributed by atoms with van der Waals surface area (Å²) in [6.45, 7) is 4.54. The monoisotopic (exact) mass is 388 g/mol. The van der Waals surface area contributed by atoms with Crippen molar-refractivity contribution in [1.29, 1.82) is 0 Å². The van der Waals surface area contributed by atoms with E-state index in [9.17, 15) is 8.42 Å². The second-order valence-corrected chi connectivity index (χ2v) is 8.79. The Labute approximate surface area is 159 Å². The molecule has 3 aromatic rings. The highest BCUT2D eigenvalue weighted by molar-refractivity contribution is 7.89. The molecule has 0 aliphatic heterocycles. The van der Waals surface area contributed by atoms with Crippen LogP contribution in [0, 0.1) is 6.92 Å². The Kier molecular flexibility index (Phi) is 5.50. The molecule has 0 spiro atoms. The Morgan fingerprint density at radius 1 is 1.19 bits per heavy atom. The molecule has 1 atom stereocenters. The van der Waals surface area contributed by atoms with Gasteiger partial charge in [0.05, 0.1) is 11.1 Å². The van der Waals surface area contributed by atoms with Crippen molar-refractivity contribution in [3.63, 3.8) is 0 Å². The zero-order chi connectivity index (χ0) is 19.6. The average molecular weight is 388 g/mol. The number of furan rings is 1. The molecular weight excluding hydrogens is 364 g/mol. The number of nitrogens with zero attached hydrogens (tertiary/aromatic N) is 2. The molecule has 0 amide bonds. The van der Waals surface area contributed by atoms with Gasteiger partial charge in [0.1, 0.15) is 11.5 Å². The van der Waals surface area contributed by atoms with Gasteiger partial charge in [-0.2, -0.15) is 5.10 Å². The fourth-order valence-corrected chi connectivity index (χ4v) is 3.65. The Morgan fingerprint density at radius 3 is 2.48 bits per heavy atom. The first-order valence-electron chi connectivity index (χ1n) is 8.64. The van der Waals surface area contributed by atoms with Crippen LogP contribution in [-0.2, 0) is 16.6 Å². The Hall–Kier alpha value is -2.42. The number of H-pyrrole nitrogens is 1. The van der Waals surface area contributed by atoms with E-state index < -0.39 is 10.0 Å². The number of hydrogen-bond acceptors (Lipinski definition) is 5. The molecule has 7 nitrogen and oxygen atoms in total. The van der Waals surface area contributed by atoms with Gasteiger partial charge in [0.2, 0.25) is 10.0 Å². The fourth-order valence-electron chi connectivity index (χ4n) is 2.75. The molecule has 0 radical (unpaired) electrons. The maximum atomic E-state index is 12.2. The maximum Gasteiger partial charge on any atom is 0.242 e. The number of aromatic nitrogens is 2. The van der Waals surface area contributed by atoms with Gasteiger partial charge in [-0.05, 0) is 43.7 Å². The number of sulfonamides is 1. The average Bonchev–Trinajstić information content (AvgIpc) is 3.28. The second kappa shape index (κ2) is 7.67. The maximum absolute atomic E-state index is 12.2. The Morgan fingerprint density at radius 2 is 1.89 bits per heavy atom. The number of aromatic amines is 1. The van der Waals surface area contributed by atoms with Crippen molar-refractivity contribution in [3.8, 4) is 11.5 Å². The lowest BCUT2D eigenvalue weighted by atomic mass is 10.1. The summed E-state index contributed by atoms with van der Waals surface area (Å²) in [5.74, 6) is 1.60. The number of hydrogen-bond donors (Lipinski definition) is 2. The molecule has 0 saturated carbocycles. The van der Waals surface area contributed by atoms with E-state index in [4.69, 9.17) is 4.42 Å². The highest BCUT2D eigenvalue weighted by Crippen LogP contribution is 2.24. The standard InChI is InChI=1S/C19H24N4O3S/c1-13-5-10-18(26-13)19-16(12-21-22-19)11-20-14(2)15-6-8-17(9-7-15)27(24,25)23(3)4/h5-10,12,14,20H,11H2,1-4H3,(H,21,22). The van der Waals surface area contributed by atoms with E-state index in [1.807, 2.05) is 38.1 Å². The van der Waals surface area contributed by atoms with E-state index in [-0.39, 0.29) is 10.9 Å². The largest absolute Gasteiger partial charge is 0.460 e. The molecule has 144 valence electrons. The first-order chi connectivity index (χ1) is 12.8. The van der Waals surface area contributed by atoms with Crippen LogP contribution in [0.3, 0.4) is 0 Å². The van der Waals surface area contributed by atoms with Crippen LogP contribution in [0.15, 0.2) is 51.9 Å². The van der Waals surface area contributed by atoms with Crippen LogP contribution in [0.4, 0.5) is 0 Å². The summed E-state index contributed by atoms with van der Waals surface area (Å²) in [4.78, 5) is 0.286. The smallest absolute Gasteiger partial charge is 0.242 e. The molecule has 0 fully saturated rings. The van der Waals surface area contributed by atoms with Gasteiger partial charge in [-0.3, -0.25) is 5.10 Å². The molecule has 0 aliphatic rings. The molecule has 3 rings (SSSR count). The van der Waals surface area contributed by atoms with Crippen LogP contribution in [0.2, 0.25) is 0 Å². The summed E-state index contributed by atoms with van der Waals surface area (Å²) in [6.07, 6.45) is 1.78. The van der Waals surface area contributed by atoms with E-state index in [1.165, 1.54) is 18.4 Å². The summed E-state index contributed by atoms with van der Waals surface area (Å²) in [6, 6.07) is 10.8. The van der Waals surface area contributed by atoms with Crippen molar-refractivity contribution < 1.29 is 12.8 Å². The SMILES string of the molecule is Cc1ccc(-c2[nH]ncc2CNC(C)c2ccc(S(=O)(=O)N(C)C)cc2)o1. The summed E-state index contributed by atoms with van der Waals surface area (Å²) in [5.41, 5.74) is 2.87. The second-order valence-electron chi connectivity index (χ2n) is 6.64. The predicted octanol–water partition coefficient (Wildman–Crippen LogP) is 3.08. The lowest BCUT2D eigenvalue weighted by Gasteiger charge is -2.16. The summed E-state index contributed by atoms with van der Waals surface area (Å²) in [7, 11) is -0.363. The molecule has 2 N–H and O–H groups in total. The van der Waals surface area contributed by atoms with Gasteiger partial charge in [0, 0.05) is 32.2 Å². The van der Waals surface area contributed by atoms with Gasteiger partial charge in [0.15, 0.2) is 5.76 Å². The topological polar surface area (TPSA) is 91.2 Å². The van der Waals surface area contributed by atoms with Crippen LogP contribution in [0.25, 0.3) is 11.5 Å². The Balaban J connectivity index is 1.69. The van der Waals surface area contributed by atoms with Gasteiger partial charge in [0.25, 0.3) is 0 Å². The quantitative estimate of drug-likeness (QED) is 0.649. The van der Waals surface area contributed by atoms with Crippen molar-refractivity contribution >= 4 is 10.0 Å². The summed E-state index contributed by atoms with van der Waals surface area (Å²) in [5, 5.41) is 10.5. The molecule has 2 heterocycles. The van der Waals surface area contributed by atoms with Gasteiger partial charge >= 0.3 is 0 Å². The zero-order valence-corrected chi connectivity index (χ0v) is 16.7. The summed E-state index contributed by atoms with van der Waals surface area (Å²) >= 11 is 0. The summed E-state index contributed by atoms with van der Waals surface area (Å²) < 4.78 is 31.2. The number of rotatable bonds is 7. The number of benzene rings is 1. The highest BCUT2D eigenvalue weighted by Gasteiger charge is 2.17. The van der Waals surface area contributed by atoms with Crippen LogP contribution in [0.5, 0.6) is 0 Å².